The van der Waals surface area contributed by atoms with Gasteiger partial charge in [0.15, 0.2) is 5.82 Å². The molecule has 140 valence electrons. The van der Waals surface area contributed by atoms with Crippen molar-refractivity contribution in [3.05, 3.63) is 46.5 Å². The van der Waals surface area contributed by atoms with E-state index in [2.05, 4.69) is 14.8 Å². The number of piperazine rings is 1. The fourth-order valence-electron chi connectivity index (χ4n) is 3.27. The molecule has 1 saturated heterocycles. The van der Waals surface area contributed by atoms with Crippen molar-refractivity contribution in [3.8, 4) is 11.5 Å². The number of benzene rings is 1. The number of methoxy groups -OCH3 is 2. The number of hydrogen-bond acceptors (Lipinski definition) is 6. The number of ether oxygens (including phenoxy) is 2. The van der Waals surface area contributed by atoms with Gasteiger partial charge in [0.05, 0.1) is 14.2 Å². The molecule has 0 radical (unpaired) electrons. The molecule has 0 amide bonds. The first-order chi connectivity index (χ1) is 12.7. The van der Waals surface area contributed by atoms with E-state index < -0.39 is 0 Å². The van der Waals surface area contributed by atoms with E-state index in [0.29, 0.717) is 12.4 Å². The van der Waals surface area contributed by atoms with Gasteiger partial charge in [-0.15, -0.1) is 0 Å². The molecule has 0 N–H and O–H groups in total. The van der Waals surface area contributed by atoms with Gasteiger partial charge in [-0.2, -0.15) is 0 Å². The first-order valence-electron chi connectivity index (χ1n) is 8.90. The van der Waals surface area contributed by atoms with Crippen LogP contribution in [0.5, 0.6) is 11.5 Å². The van der Waals surface area contributed by atoms with Crippen molar-refractivity contribution in [2.45, 2.75) is 20.0 Å². The number of hydrogen-bond donors (Lipinski definition) is 0. The second kappa shape index (κ2) is 8.23. The van der Waals surface area contributed by atoms with Crippen LogP contribution in [0.1, 0.15) is 12.5 Å². The van der Waals surface area contributed by atoms with Gasteiger partial charge in [0, 0.05) is 57.2 Å². The van der Waals surface area contributed by atoms with E-state index in [1.54, 1.807) is 31.2 Å². The van der Waals surface area contributed by atoms with E-state index in [4.69, 9.17) is 9.47 Å². The number of aromatic nitrogens is 2. The van der Waals surface area contributed by atoms with Crippen molar-refractivity contribution in [2.75, 3.05) is 45.3 Å². The van der Waals surface area contributed by atoms with E-state index in [-0.39, 0.29) is 5.56 Å². The van der Waals surface area contributed by atoms with E-state index in [9.17, 15) is 4.79 Å². The summed E-state index contributed by atoms with van der Waals surface area (Å²) in [6, 6.07) is 5.86. The number of anilines is 1. The van der Waals surface area contributed by atoms with Crippen molar-refractivity contribution in [1.29, 1.82) is 0 Å². The van der Waals surface area contributed by atoms with Crippen LogP contribution in [0.2, 0.25) is 0 Å². The Labute approximate surface area is 153 Å². The Morgan fingerprint density at radius 2 is 1.88 bits per heavy atom. The van der Waals surface area contributed by atoms with Gasteiger partial charge in [-0.3, -0.25) is 9.69 Å². The highest BCUT2D eigenvalue weighted by atomic mass is 16.5. The van der Waals surface area contributed by atoms with Gasteiger partial charge in [0.2, 0.25) is 0 Å². The predicted molar refractivity (Wildman–Crippen MR) is 101 cm³/mol. The van der Waals surface area contributed by atoms with Gasteiger partial charge in [-0.05, 0) is 25.1 Å². The topological polar surface area (TPSA) is 59.8 Å². The molecule has 2 heterocycles. The third-order valence-electron chi connectivity index (χ3n) is 4.79. The van der Waals surface area contributed by atoms with Crippen molar-refractivity contribution in [3.63, 3.8) is 0 Å². The third kappa shape index (κ3) is 3.83. The Morgan fingerprint density at radius 3 is 2.54 bits per heavy atom. The summed E-state index contributed by atoms with van der Waals surface area (Å²) in [5.41, 5.74) is 1.09. The summed E-state index contributed by atoms with van der Waals surface area (Å²) in [5, 5.41) is 0. The minimum atomic E-state index is -0.0158. The summed E-state index contributed by atoms with van der Waals surface area (Å²) in [4.78, 5) is 21.2. The first kappa shape index (κ1) is 18.3. The molecule has 0 atom stereocenters. The zero-order valence-electron chi connectivity index (χ0n) is 15.6. The van der Waals surface area contributed by atoms with E-state index in [1.165, 1.54) is 0 Å². The van der Waals surface area contributed by atoms with Crippen LogP contribution < -0.4 is 19.9 Å². The van der Waals surface area contributed by atoms with Crippen LogP contribution in [-0.2, 0) is 13.1 Å². The Balaban J connectivity index is 1.67. The predicted octanol–water partition coefficient (Wildman–Crippen LogP) is 1.60. The summed E-state index contributed by atoms with van der Waals surface area (Å²) in [6.07, 6.45) is 3.44. The number of rotatable bonds is 6. The zero-order valence-corrected chi connectivity index (χ0v) is 15.6. The second-order valence-corrected chi connectivity index (χ2v) is 6.28. The summed E-state index contributed by atoms with van der Waals surface area (Å²) in [7, 11) is 3.35. The summed E-state index contributed by atoms with van der Waals surface area (Å²) in [5.74, 6) is 2.24. The van der Waals surface area contributed by atoms with Crippen LogP contribution in [-0.4, -0.2) is 54.8 Å². The van der Waals surface area contributed by atoms with Crippen molar-refractivity contribution >= 4 is 5.82 Å². The average Bonchev–Trinajstić information content (AvgIpc) is 2.69. The van der Waals surface area contributed by atoms with E-state index in [0.717, 1.165) is 49.8 Å². The van der Waals surface area contributed by atoms with Crippen molar-refractivity contribution in [1.82, 2.24) is 14.5 Å². The van der Waals surface area contributed by atoms with E-state index >= 15 is 0 Å². The molecule has 2 aromatic rings. The lowest BCUT2D eigenvalue weighted by Gasteiger charge is -2.35. The molecule has 1 fully saturated rings. The van der Waals surface area contributed by atoms with Gasteiger partial charge in [0.1, 0.15) is 11.5 Å². The van der Waals surface area contributed by atoms with Crippen molar-refractivity contribution < 1.29 is 9.47 Å². The first-order valence-corrected chi connectivity index (χ1v) is 8.90. The molecule has 1 aromatic heterocycles. The van der Waals surface area contributed by atoms with Gasteiger partial charge in [-0.25, -0.2) is 4.98 Å². The van der Waals surface area contributed by atoms with Crippen LogP contribution in [0.15, 0.2) is 35.4 Å². The minimum Gasteiger partial charge on any atom is -0.497 e. The number of aryl methyl sites for hydroxylation is 1. The molecule has 1 aliphatic heterocycles. The summed E-state index contributed by atoms with van der Waals surface area (Å²) in [6.45, 7) is 6.69. The van der Waals surface area contributed by atoms with Gasteiger partial charge in [-0.1, -0.05) is 0 Å². The van der Waals surface area contributed by atoms with Gasteiger partial charge in [0.25, 0.3) is 5.56 Å². The lowest BCUT2D eigenvalue weighted by Crippen LogP contribution is -2.48. The molecule has 3 rings (SSSR count). The van der Waals surface area contributed by atoms with Crippen LogP contribution in [0.25, 0.3) is 0 Å². The molecule has 0 unspecified atom stereocenters. The number of nitrogens with zero attached hydrogens (tertiary/aromatic N) is 4. The maximum atomic E-state index is 12.4. The van der Waals surface area contributed by atoms with Gasteiger partial charge < -0.3 is 18.9 Å². The Kier molecular flexibility index (Phi) is 5.78. The normalized spacial score (nSPS) is 15.1. The maximum absolute atomic E-state index is 12.4. The molecule has 1 aromatic carbocycles. The SMILES string of the molecule is CCn1ccnc(N2CCN(Cc3cc(OC)ccc3OC)CC2)c1=O. The standard InChI is InChI=1S/C19H26N4O3/c1-4-22-8-7-20-18(19(22)24)23-11-9-21(10-12-23)14-15-13-16(25-2)5-6-17(15)26-3/h5-8,13H,4,9-12,14H2,1-3H3. The highest BCUT2D eigenvalue weighted by Crippen LogP contribution is 2.25. The Hall–Kier alpha value is -2.54. The van der Waals surface area contributed by atoms with Crippen molar-refractivity contribution in [2.24, 2.45) is 0 Å². The second-order valence-electron chi connectivity index (χ2n) is 6.28. The van der Waals surface area contributed by atoms with E-state index in [1.807, 2.05) is 25.1 Å². The summed E-state index contributed by atoms with van der Waals surface area (Å²) >= 11 is 0. The van der Waals surface area contributed by atoms with Crippen LogP contribution in [0, 0.1) is 0 Å². The van der Waals surface area contributed by atoms with Crippen LogP contribution in [0.4, 0.5) is 5.82 Å². The zero-order chi connectivity index (χ0) is 18.5. The lowest BCUT2D eigenvalue weighted by molar-refractivity contribution is 0.245. The fraction of sp³-hybridized carbons (Fsp3) is 0.474. The molecule has 7 nitrogen and oxygen atoms in total. The molecule has 0 spiro atoms. The molecule has 26 heavy (non-hydrogen) atoms. The molecule has 0 saturated carbocycles. The lowest BCUT2D eigenvalue weighted by atomic mass is 10.1. The summed E-state index contributed by atoms with van der Waals surface area (Å²) < 4.78 is 12.5. The average molecular weight is 358 g/mol. The molecule has 1 aliphatic rings. The highest BCUT2D eigenvalue weighted by molar-refractivity contribution is 5.40. The molecular weight excluding hydrogens is 332 g/mol. The fourth-order valence-corrected chi connectivity index (χ4v) is 3.27. The smallest absolute Gasteiger partial charge is 0.293 e. The third-order valence-corrected chi connectivity index (χ3v) is 4.79. The quantitative estimate of drug-likeness (QED) is 0.782. The molecule has 0 bridgehead atoms. The molecule has 7 heteroatoms. The van der Waals surface area contributed by atoms with Crippen LogP contribution >= 0.6 is 0 Å². The Bertz CT molecular complexity index is 798. The molecular formula is C19H26N4O3. The maximum Gasteiger partial charge on any atom is 0.293 e. The molecule has 0 aliphatic carbocycles. The van der Waals surface area contributed by atoms with Gasteiger partial charge >= 0.3 is 0 Å². The van der Waals surface area contributed by atoms with Crippen LogP contribution in [0.3, 0.4) is 0 Å². The largest absolute Gasteiger partial charge is 0.497 e. The Morgan fingerprint density at radius 1 is 1.12 bits per heavy atom. The monoisotopic (exact) mass is 358 g/mol. The highest BCUT2D eigenvalue weighted by Gasteiger charge is 2.21. The minimum absolute atomic E-state index is 0.0158.